The van der Waals surface area contributed by atoms with Crippen molar-refractivity contribution < 1.29 is 4.39 Å². The average molecular weight is 205 g/mol. The van der Waals surface area contributed by atoms with Crippen molar-refractivity contribution >= 4 is 0 Å². The van der Waals surface area contributed by atoms with Gasteiger partial charge in [0.25, 0.3) is 0 Å². The molecule has 0 fully saturated rings. The molecule has 0 saturated heterocycles. The topological polar surface area (TPSA) is 12.0 Å². The molecule has 0 amide bonds. The Morgan fingerprint density at radius 2 is 2.07 bits per heavy atom. The zero-order chi connectivity index (χ0) is 11.4. The van der Waals surface area contributed by atoms with Gasteiger partial charge in [-0.25, -0.2) is 4.39 Å². The first-order chi connectivity index (χ1) is 7.04. The van der Waals surface area contributed by atoms with Gasteiger partial charge in [-0.05, 0) is 38.0 Å². The van der Waals surface area contributed by atoms with Gasteiger partial charge < -0.3 is 0 Å². The first-order valence-electron chi connectivity index (χ1n) is 5.03. The molecule has 1 aromatic carbocycles. The number of halogens is 1. The number of rotatable bonds is 3. The summed E-state index contributed by atoms with van der Waals surface area (Å²) < 4.78 is 13.3. The number of hydrogen-bond acceptors (Lipinski definition) is 1. The van der Waals surface area contributed by atoms with E-state index in [9.17, 15) is 4.39 Å². The largest absolute Gasteiger partial charge is 0.297 e. The second kappa shape index (κ2) is 4.95. The Bertz CT molecular complexity index is 379. The first-order valence-corrected chi connectivity index (χ1v) is 5.03. The maximum atomic E-state index is 13.3. The van der Waals surface area contributed by atoms with E-state index < -0.39 is 0 Å². The van der Waals surface area contributed by atoms with Gasteiger partial charge in [-0.3, -0.25) is 5.32 Å². The van der Waals surface area contributed by atoms with E-state index >= 15 is 0 Å². The number of aryl methyl sites for hydroxylation is 1. The number of terminal acetylenes is 1. The number of hydrogen-bond donors (Lipinski definition) is 1. The van der Waals surface area contributed by atoms with Gasteiger partial charge in [0.1, 0.15) is 5.82 Å². The molecule has 80 valence electrons. The predicted molar refractivity (Wildman–Crippen MR) is 61.0 cm³/mol. The molecule has 1 rings (SSSR count). The molecule has 0 radical (unpaired) electrons. The molecule has 0 heterocycles. The molecule has 1 N–H and O–H groups in total. The maximum absolute atomic E-state index is 13.3. The third-order valence-corrected chi connectivity index (χ3v) is 2.45. The fourth-order valence-electron chi connectivity index (χ4n) is 1.40. The van der Waals surface area contributed by atoms with E-state index in [1.54, 1.807) is 19.1 Å². The molecule has 1 aromatic rings. The van der Waals surface area contributed by atoms with Crippen LogP contribution < -0.4 is 5.32 Å². The van der Waals surface area contributed by atoms with Crippen LogP contribution in [0.2, 0.25) is 0 Å². The minimum Gasteiger partial charge on any atom is -0.297 e. The molecule has 0 spiro atoms. The molecule has 0 aromatic heterocycles. The normalized spacial score (nSPS) is 14.3. The van der Waals surface area contributed by atoms with Gasteiger partial charge in [-0.2, -0.15) is 0 Å². The Morgan fingerprint density at radius 3 is 2.60 bits per heavy atom. The summed E-state index contributed by atoms with van der Waals surface area (Å²) in [6, 6.07) is 5.30. The summed E-state index contributed by atoms with van der Waals surface area (Å²) in [5, 5.41) is 3.19. The maximum Gasteiger partial charge on any atom is 0.126 e. The van der Waals surface area contributed by atoms with E-state index in [0.717, 1.165) is 5.56 Å². The van der Waals surface area contributed by atoms with Crippen LogP contribution in [0.15, 0.2) is 18.2 Å². The second-order valence-electron chi connectivity index (χ2n) is 3.79. The summed E-state index contributed by atoms with van der Waals surface area (Å²) >= 11 is 0. The average Bonchev–Trinajstić information content (AvgIpc) is 2.21. The fraction of sp³-hybridized carbons (Fsp3) is 0.385. The molecule has 2 atom stereocenters. The lowest BCUT2D eigenvalue weighted by molar-refractivity contribution is 0.539. The zero-order valence-corrected chi connectivity index (χ0v) is 9.34. The Kier molecular flexibility index (Phi) is 3.88. The van der Waals surface area contributed by atoms with Crippen molar-refractivity contribution in [2.75, 3.05) is 0 Å². The summed E-state index contributed by atoms with van der Waals surface area (Å²) in [6.45, 7) is 5.63. The lowest BCUT2D eigenvalue weighted by atomic mass is 10.1. The SMILES string of the molecule is C#CC(C)NC(C)c1ccc(C)c(F)c1. The second-order valence-corrected chi connectivity index (χ2v) is 3.79. The lowest BCUT2D eigenvalue weighted by Crippen LogP contribution is -2.27. The molecule has 0 bridgehead atoms. The third kappa shape index (κ3) is 3.07. The molecule has 0 saturated carbocycles. The first kappa shape index (κ1) is 11.7. The van der Waals surface area contributed by atoms with E-state index in [-0.39, 0.29) is 17.9 Å². The molecule has 1 nitrogen and oxygen atoms in total. The summed E-state index contributed by atoms with van der Waals surface area (Å²) in [7, 11) is 0. The molecular weight excluding hydrogens is 189 g/mol. The molecule has 2 unspecified atom stereocenters. The van der Waals surface area contributed by atoms with Crippen LogP contribution in [0.5, 0.6) is 0 Å². The van der Waals surface area contributed by atoms with Crippen molar-refractivity contribution in [3.05, 3.63) is 35.1 Å². The van der Waals surface area contributed by atoms with Crippen LogP contribution in [0.3, 0.4) is 0 Å². The summed E-state index contributed by atoms with van der Waals surface area (Å²) in [4.78, 5) is 0. The third-order valence-electron chi connectivity index (χ3n) is 2.45. The van der Waals surface area contributed by atoms with Crippen LogP contribution in [-0.4, -0.2) is 6.04 Å². The minimum atomic E-state index is -0.172. The fourth-order valence-corrected chi connectivity index (χ4v) is 1.40. The minimum absolute atomic E-state index is 0.00985. The summed E-state index contributed by atoms with van der Waals surface area (Å²) in [5.41, 5.74) is 1.58. The highest BCUT2D eigenvalue weighted by Gasteiger charge is 2.09. The Balaban J connectivity index is 2.79. The van der Waals surface area contributed by atoms with Crippen LogP contribution in [0.4, 0.5) is 4.39 Å². The van der Waals surface area contributed by atoms with Crippen LogP contribution in [0, 0.1) is 25.1 Å². The van der Waals surface area contributed by atoms with Crippen molar-refractivity contribution in [2.24, 2.45) is 0 Å². The molecule has 0 aliphatic heterocycles. The molecule has 0 aliphatic rings. The van der Waals surface area contributed by atoms with Crippen LogP contribution in [-0.2, 0) is 0 Å². The van der Waals surface area contributed by atoms with Crippen molar-refractivity contribution in [2.45, 2.75) is 32.9 Å². The van der Waals surface area contributed by atoms with Gasteiger partial charge >= 0.3 is 0 Å². The monoisotopic (exact) mass is 205 g/mol. The van der Waals surface area contributed by atoms with E-state index in [4.69, 9.17) is 6.42 Å². The lowest BCUT2D eigenvalue weighted by Gasteiger charge is -2.17. The standard InChI is InChI=1S/C13H16FN/c1-5-10(3)15-11(4)12-7-6-9(2)13(14)8-12/h1,6-8,10-11,15H,2-4H3. The Morgan fingerprint density at radius 1 is 1.40 bits per heavy atom. The van der Waals surface area contributed by atoms with Crippen molar-refractivity contribution in [3.63, 3.8) is 0 Å². The summed E-state index contributed by atoms with van der Waals surface area (Å²) in [5.74, 6) is 2.41. The Labute approximate surface area is 90.7 Å². The number of nitrogens with one attached hydrogen (secondary N) is 1. The number of benzene rings is 1. The van der Waals surface area contributed by atoms with Gasteiger partial charge in [0, 0.05) is 6.04 Å². The van der Waals surface area contributed by atoms with Gasteiger partial charge in [-0.1, -0.05) is 18.1 Å². The molecule has 0 aliphatic carbocycles. The van der Waals surface area contributed by atoms with Gasteiger partial charge in [-0.15, -0.1) is 6.42 Å². The summed E-state index contributed by atoms with van der Waals surface area (Å²) in [6.07, 6.45) is 5.27. The van der Waals surface area contributed by atoms with Crippen molar-refractivity contribution in [3.8, 4) is 12.3 Å². The highest BCUT2D eigenvalue weighted by atomic mass is 19.1. The van der Waals surface area contributed by atoms with Crippen LogP contribution in [0.25, 0.3) is 0 Å². The van der Waals surface area contributed by atoms with E-state index in [2.05, 4.69) is 11.2 Å². The van der Waals surface area contributed by atoms with Gasteiger partial charge in [0.05, 0.1) is 6.04 Å². The Hall–Kier alpha value is -1.33. The van der Waals surface area contributed by atoms with Gasteiger partial charge in [0.2, 0.25) is 0 Å². The van der Waals surface area contributed by atoms with Gasteiger partial charge in [0.15, 0.2) is 0 Å². The van der Waals surface area contributed by atoms with Crippen LogP contribution >= 0.6 is 0 Å². The van der Waals surface area contributed by atoms with Crippen molar-refractivity contribution in [1.82, 2.24) is 5.32 Å². The zero-order valence-electron chi connectivity index (χ0n) is 9.34. The molecule has 2 heteroatoms. The van der Waals surface area contributed by atoms with E-state index in [1.807, 2.05) is 19.9 Å². The predicted octanol–water partition coefficient (Wildman–Crippen LogP) is 2.81. The highest BCUT2D eigenvalue weighted by Crippen LogP contribution is 2.16. The van der Waals surface area contributed by atoms with E-state index in [1.165, 1.54) is 0 Å². The quantitative estimate of drug-likeness (QED) is 0.748. The van der Waals surface area contributed by atoms with E-state index in [0.29, 0.717) is 5.56 Å². The van der Waals surface area contributed by atoms with Crippen LogP contribution in [0.1, 0.15) is 31.0 Å². The molecule has 15 heavy (non-hydrogen) atoms. The highest BCUT2D eigenvalue weighted by molar-refractivity contribution is 5.25. The van der Waals surface area contributed by atoms with Crippen molar-refractivity contribution in [1.29, 1.82) is 0 Å². The molecular formula is C13H16FN. The smallest absolute Gasteiger partial charge is 0.126 e.